The highest BCUT2D eigenvalue weighted by Gasteiger charge is 2.22. The van der Waals surface area contributed by atoms with Crippen molar-refractivity contribution in [2.24, 2.45) is 5.92 Å². The lowest BCUT2D eigenvalue weighted by Crippen LogP contribution is -2.44. The van der Waals surface area contributed by atoms with E-state index in [9.17, 15) is 9.59 Å². The van der Waals surface area contributed by atoms with Crippen LogP contribution in [-0.4, -0.2) is 28.0 Å². The average molecular weight is 302 g/mol. The van der Waals surface area contributed by atoms with Crippen molar-refractivity contribution in [3.8, 4) is 0 Å². The highest BCUT2D eigenvalue weighted by atomic mass is 16.4. The Hall–Kier alpha value is -2.30. The van der Waals surface area contributed by atoms with E-state index in [1.54, 1.807) is 13.8 Å². The Kier molecular flexibility index (Phi) is 5.20. The molecule has 0 aliphatic carbocycles. The van der Waals surface area contributed by atoms with Gasteiger partial charge in [0.2, 0.25) is 5.91 Å². The molecular formula is C17H22N2O3. The third-order valence-corrected chi connectivity index (χ3v) is 3.77. The molecule has 118 valence electrons. The van der Waals surface area contributed by atoms with Crippen molar-refractivity contribution in [1.29, 1.82) is 0 Å². The standard InChI is InChI=1S/C17H22N2O3/c1-11(2)16(17(21)22)19-15(20)9-5-6-12-10-18-14-8-4-3-7-13(12)14/h3-4,7-8,10-11,16,18H,5-6,9H2,1-2H3,(H,19,20)(H,21,22)/t16-/m1/s1. The van der Waals surface area contributed by atoms with Crippen LogP contribution in [0, 0.1) is 5.92 Å². The quantitative estimate of drug-likeness (QED) is 0.735. The van der Waals surface area contributed by atoms with Crippen LogP contribution in [0.5, 0.6) is 0 Å². The number of hydrogen-bond donors (Lipinski definition) is 3. The second-order valence-corrected chi connectivity index (χ2v) is 5.84. The van der Waals surface area contributed by atoms with E-state index < -0.39 is 12.0 Å². The molecule has 5 nitrogen and oxygen atoms in total. The molecule has 0 saturated carbocycles. The monoisotopic (exact) mass is 302 g/mol. The van der Waals surface area contributed by atoms with Crippen LogP contribution in [-0.2, 0) is 16.0 Å². The number of nitrogens with one attached hydrogen (secondary N) is 2. The number of para-hydroxylation sites is 1. The number of carboxylic acid groups (broad SMARTS) is 1. The number of H-pyrrole nitrogens is 1. The van der Waals surface area contributed by atoms with Gasteiger partial charge in [0.1, 0.15) is 6.04 Å². The van der Waals surface area contributed by atoms with Crippen LogP contribution in [0.25, 0.3) is 10.9 Å². The number of carbonyl (C=O) groups is 2. The molecule has 0 aliphatic heterocycles. The summed E-state index contributed by atoms with van der Waals surface area (Å²) >= 11 is 0. The number of carbonyl (C=O) groups excluding carboxylic acids is 1. The van der Waals surface area contributed by atoms with Gasteiger partial charge in [-0.15, -0.1) is 0 Å². The van der Waals surface area contributed by atoms with Crippen LogP contribution in [0.4, 0.5) is 0 Å². The molecule has 0 unspecified atom stereocenters. The van der Waals surface area contributed by atoms with E-state index in [2.05, 4.69) is 16.4 Å². The minimum absolute atomic E-state index is 0.130. The van der Waals surface area contributed by atoms with Gasteiger partial charge < -0.3 is 15.4 Å². The molecule has 0 saturated heterocycles. The minimum atomic E-state index is -0.986. The molecule has 0 aliphatic rings. The summed E-state index contributed by atoms with van der Waals surface area (Å²) in [5, 5.41) is 12.8. The van der Waals surface area contributed by atoms with Crippen molar-refractivity contribution < 1.29 is 14.7 Å². The number of fused-ring (bicyclic) bond motifs is 1. The maximum Gasteiger partial charge on any atom is 0.326 e. The number of aryl methyl sites for hydroxylation is 1. The molecule has 1 aromatic carbocycles. The van der Waals surface area contributed by atoms with Gasteiger partial charge >= 0.3 is 5.97 Å². The van der Waals surface area contributed by atoms with Crippen molar-refractivity contribution in [2.45, 2.75) is 39.2 Å². The molecule has 0 spiro atoms. The Morgan fingerprint density at radius 1 is 1.27 bits per heavy atom. The SMILES string of the molecule is CC(C)[C@@H](NC(=O)CCCc1c[nH]c2ccccc12)C(=O)O. The fourth-order valence-corrected chi connectivity index (χ4v) is 2.54. The highest BCUT2D eigenvalue weighted by molar-refractivity contribution is 5.84. The molecule has 0 radical (unpaired) electrons. The Balaban J connectivity index is 1.85. The fraction of sp³-hybridized carbons (Fsp3) is 0.412. The van der Waals surface area contributed by atoms with Crippen LogP contribution in [0.1, 0.15) is 32.3 Å². The van der Waals surface area contributed by atoms with E-state index in [0.29, 0.717) is 12.8 Å². The van der Waals surface area contributed by atoms with E-state index in [-0.39, 0.29) is 11.8 Å². The number of hydrogen-bond acceptors (Lipinski definition) is 2. The summed E-state index contributed by atoms with van der Waals surface area (Å²) in [4.78, 5) is 26.1. The van der Waals surface area contributed by atoms with Crippen molar-refractivity contribution in [3.05, 3.63) is 36.0 Å². The first-order valence-corrected chi connectivity index (χ1v) is 7.56. The van der Waals surface area contributed by atoms with Gasteiger partial charge in [0.15, 0.2) is 0 Å². The lowest BCUT2D eigenvalue weighted by molar-refractivity contribution is -0.143. The van der Waals surface area contributed by atoms with Crippen molar-refractivity contribution in [3.63, 3.8) is 0 Å². The van der Waals surface area contributed by atoms with E-state index in [0.717, 1.165) is 11.9 Å². The topological polar surface area (TPSA) is 82.2 Å². The molecule has 1 aromatic heterocycles. The number of amides is 1. The molecule has 1 heterocycles. The first kappa shape index (κ1) is 16.1. The Morgan fingerprint density at radius 2 is 2.00 bits per heavy atom. The zero-order valence-electron chi connectivity index (χ0n) is 12.9. The van der Waals surface area contributed by atoms with Gasteiger partial charge in [-0.1, -0.05) is 32.0 Å². The third kappa shape index (κ3) is 3.87. The number of aliphatic carboxylic acids is 1. The summed E-state index contributed by atoms with van der Waals surface area (Å²) in [6, 6.07) is 7.23. The summed E-state index contributed by atoms with van der Waals surface area (Å²) < 4.78 is 0. The second-order valence-electron chi connectivity index (χ2n) is 5.84. The first-order chi connectivity index (χ1) is 10.5. The minimum Gasteiger partial charge on any atom is -0.480 e. The van der Waals surface area contributed by atoms with Crippen LogP contribution >= 0.6 is 0 Å². The van der Waals surface area contributed by atoms with Gasteiger partial charge in [-0.25, -0.2) is 4.79 Å². The summed E-state index contributed by atoms with van der Waals surface area (Å²) in [5.41, 5.74) is 2.27. The maximum absolute atomic E-state index is 11.9. The highest BCUT2D eigenvalue weighted by Crippen LogP contribution is 2.19. The molecule has 22 heavy (non-hydrogen) atoms. The van der Waals surface area contributed by atoms with E-state index in [1.165, 1.54) is 10.9 Å². The molecule has 0 fully saturated rings. The summed E-state index contributed by atoms with van der Waals surface area (Å²) in [7, 11) is 0. The molecule has 2 rings (SSSR count). The van der Waals surface area contributed by atoms with Gasteiger partial charge in [-0.3, -0.25) is 4.79 Å². The number of aromatic amines is 1. The molecule has 3 N–H and O–H groups in total. The Bertz CT molecular complexity index is 661. The lowest BCUT2D eigenvalue weighted by atomic mass is 10.0. The van der Waals surface area contributed by atoms with Gasteiger partial charge in [-0.05, 0) is 30.4 Å². The molecule has 5 heteroatoms. The van der Waals surface area contributed by atoms with Crippen molar-refractivity contribution in [2.75, 3.05) is 0 Å². The van der Waals surface area contributed by atoms with E-state index in [4.69, 9.17) is 5.11 Å². The van der Waals surface area contributed by atoms with Gasteiger partial charge in [0, 0.05) is 23.5 Å². The van der Waals surface area contributed by atoms with E-state index >= 15 is 0 Å². The number of rotatable bonds is 7. The number of aromatic nitrogens is 1. The zero-order valence-corrected chi connectivity index (χ0v) is 12.9. The molecule has 1 atom stereocenters. The largest absolute Gasteiger partial charge is 0.480 e. The molecular weight excluding hydrogens is 280 g/mol. The first-order valence-electron chi connectivity index (χ1n) is 7.56. The fourth-order valence-electron chi connectivity index (χ4n) is 2.54. The van der Waals surface area contributed by atoms with Crippen molar-refractivity contribution in [1.82, 2.24) is 10.3 Å². The van der Waals surface area contributed by atoms with Gasteiger partial charge in [-0.2, -0.15) is 0 Å². The van der Waals surface area contributed by atoms with E-state index in [1.807, 2.05) is 24.4 Å². The number of benzene rings is 1. The van der Waals surface area contributed by atoms with Crippen LogP contribution in [0.15, 0.2) is 30.5 Å². The van der Waals surface area contributed by atoms with Crippen molar-refractivity contribution >= 4 is 22.8 Å². The van der Waals surface area contributed by atoms with Crippen LogP contribution in [0.3, 0.4) is 0 Å². The number of carboxylic acids is 1. The zero-order chi connectivity index (χ0) is 16.1. The van der Waals surface area contributed by atoms with Crippen LogP contribution in [0.2, 0.25) is 0 Å². The summed E-state index contributed by atoms with van der Waals surface area (Å²) in [5.74, 6) is -1.32. The summed E-state index contributed by atoms with van der Waals surface area (Å²) in [6.07, 6.45) is 3.78. The normalized spacial score (nSPS) is 12.5. The molecule has 1 amide bonds. The Morgan fingerprint density at radius 3 is 2.68 bits per heavy atom. The molecule has 2 aromatic rings. The summed E-state index contributed by atoms with van der Waals surface area (Å²) in [6.45, 7) is 3.57. The third-order valence-electron chi connectivity index (χ3n) is 3.77. The van der Waals surface area contributed by atoms with Gasteiger partial charge in [0.25, 0.3) is 0 Å². The van der Waals surface area contributed by atoms with Crippen LogP contribution < -0.4 is 5.32 Å². The van der Waals surface area contributed by atoms with Gasteiger partial charge in [0.05, 0.1) is 0 Å². The maximum atomic E-state index is 11.9. The average Bonchev–Trinajstić information content (AvgIpc) is 2.88. The smallest absolute Gasteiger partial charge is 0.326 e. The molecule has 0 bridgehead atoms. The predicted molar refractivity (Wildman–Crippen MR) is 85.6 cm³/mol. The second kappa shape index (κ2) is 7.11. The predicted octanol–water partition coefficient (Wildman–Crippen LogP) is 2.72. The lowest BCUT2D eigenvalue weighted by Gasteiger charge is -2.17. The Labute approximate surface area is 129 Å².